The predicted octanol–water partition coefficient (Wildman–Crippen LogP) is 3.45. The number of aromatic nitrogens is 1. The lowest BCUT2D eigenvalue weighted by Crippen LogP contribution is -2.55. The minimum Gasteiger partial charge on any atom is -0.363 e. The van der Waals surface area contributed by atoms with Crippen LogP contribution in [0.5, 0.6) is 0 Å². The number of hydrogen-bond acceptors (Lipinski definition) is 6. The monoisotopic (exact) mass is 472 g/mol. The molecular weight excluding hydrogens is 447 g/mol. The minimum absolute atomic E-state index is 0.00356. The first kappa shape index (κ1) is 21.7. The molecule has 3 aromatic rings. The van der Waals surface area contributed by atoms with E-state index >= 15 is 0 Å². The molecule has 35 heavy (non-hydrogen) atoms. The predicted molar refractivity (Wildman–Crippen MR) is 130 cm³/mol. The molecule has 2 aromatic carbocycles. The number of halogens is 1. The summed E-state index contributed by atoms with van der Waals surface area (Å²) in [4.78, 5) is 36.2. The molecule has 6 rings (SSSR count). The van der Waals surface area contributed by atoms with Gasteiger partial charge in [0.2, 0.25) is 5.91 Å². The maximum atomic E-state index is 13.8. The maximum absolute atomic E-state index is 13.8. The van der Waals surface area contributed by atoms with Crippen molar-refractivity contribution >= 4 is 29.0 Å². The molecule has 0 bridgehead atoms. The molecule has 1 amide bonds. The van der Waals surface area contributed by atoms with Crippen LogP contribution < -0.4 is 14.7 Å². The third kappa shape index (κ3) is 3.16. The smallest absolute Gasteiger partial charge is 0.249 e. The number of amides is 1. The fraction of sp³-hybridized carbons (Fsp3) is 0.296. The Hall–Kier alpha value is -3.78. The summed E-state index contributed by atoms with van der Waals surface area (Å²) in [5.74, 6) is 0.500. The molecule has 3 aliphatic rings. The molecule has 2 aliphatic heterocycles. The van der Waals surface area contributed by atoms with Crippen molar-refractivity contribution in [3.8, 4) is 0 Å². The molecule has 0 saturated heterocycles. The largest absolute Gasteiger partial charge is 0.363 e. The van der Waals surface area contributed by atoms with Crippen molar-refractivity contribution in [2.75, 3.05) is 28.3 Å². The zero-order valence-electron chi connectivity index (χ0n) is 19.5. The highest BCUT2D eigenvalue weighted by Crippen LogP contribution is 2.45. The number of likely N-dealkylation sites (N-methyl/N-ethyl adjacent to an activating group) is 1. The van der Waals surface area contributed by atoms with E-state index in [9.17, 15) is 19.1 Å². The molecule has 1 N–H and O–H groups in total. The van der Waals surface area contributed by atoms with Crippen molar-refractivity contribution < 1.29 is 19.1 Å². The summed E-state index contributed by atoms with van der Waals surface area (Å²) in [6.45, 7) is 1.77. The first-order valence-corrected chi connectivity index (χ1v) is 11.8. The zero-order chi connectivity index (χ0) is 24.5. The number of carbonyl (C=O) groups excluding carboxylic acids is 2. The second-order valence-electron chi connectivity index (χ2n) is 9.46. The summed E-state index contributed by atoms with van der Waals surface area (Å²) in [5, 5.41) is 12.3. The normalized spacial score (nSPS) is 23.9. The van der Waals surface area contributed by atoms with Crippen LogP contribution in [-0.2, 0) is 10.5 Å². The standard InChI is InChI=1S/C27H25FN4O3/c1-16-26(34)30(2)22-13-14-24(29-25(22)32(16)19-11-12-19)31-15-23(33)20-5-3-4-6-21(20)27(31,35)17-7-9-18(28)10-8-17/h3-10,13-14,16,19,35H,11-12,15H2,1-2H3. The SMILES string of the molecule is CC1C(=O)N(C)c2ccc(N3CC(=O)c4ccccc4C3(O)c3ccc(F)cc3)nc2N1C1CC1. The Morgan fingerprint density at radius 1 is 1.03 bits per heavy atom. The highest BCUT2D eigenvalue weighted by molar-refractivity contribution is 6.05. The van der Waals surface area contributed by atoms with E-state index in [1.54, 1.807) is 47.2 Å². The second kappa shape index (κ2) is 7.61. The van der Waals surface area contributed by atoms with E-state index in [-0.39, 0.29) is 30.3 Å². The summed E-state index contributed by atoms with van der Waals surface area (Å²) in [7, 11) is 1.73. The van der Waals surface area contributed by atoms with Gasteiger partial charge in [0.25, 0.3) is 0 Å². The molecule has 0 radical (unpaired) electrons. The Balaban J connectivity index is 1.54. The van der Waals surface area contributed by atoms with Gasteiger partial charge >= 0.3 is 0 Å². The third-order valence-corrected chi connectivity index (χ3v) is 7.31. The van der Waals surface area contributed by atoms with E-state index in [1.165, 1.54) is 24.3 Å². The quantitative estimate of drug-likeness (QED) is 0.629. The number of Topliss-reactive ketones (excluding diaryl/α,β-unsaturated/α-hetero) is 1. The van der Waals surface area contributed by atoms with Crippen molar-refractivity contribution in [1.29, 1.82) is 0 Å². The van der Waals surface area contributed by atoms with Crippen molar-refractivity contribution in [2.24, 2.45) is 0 Å². The van der Waals surface area contributed by atoms with E-state index in [1.807, 2.05) is 13.0 Å². The molecule has 1 saturated carbocycles. The number of anilines is 3. The van der Waals surface area contributed by atoms with E-state index in [0.717, 1.165) is 12.8 Å². The third-order valence-electron chi connectivity index (χ3n) is 7.31. The molecule has 2 unspecified atom stereocenters. The molecule has 3 heterocycles. The Kier molecular flexibility index (Phi) is 4.73. The van der Waals surface area contributed by atoms with Crippen LogP contribution in [0.1, 0.15) is 41.3 Å². The number of hydrogen-bond donors (Lipinski definition) is 1. The zero-order valence-corrected chi connectivity index (χ0v) is 19.5. The van der Waals surface area contributed by atoms with Crippen molar-refractivity contribution in [2.45, 2.75) is 37.6 Å². The van der Waals surface area contributed by atoms with Gasteiger partial charge in [-0.05, 0) is 44.0 Å². The van der Waals surface area contributed by atoms with Crippen LogP contribution in [-0.4, -0.2) is 47.5 Å². The Bertz CT molecular complexity index is 1360. The number of ketones is 1. The van der Waals surface area contributed by atoms with Gasteiger partial charge in [0, 0.05) is 29.8 Å². The van der Waals surface area contributed by atoms with E-state index in [2.05, 4.69) is 4.90 Å². The summed E-state index contributed by atoms with van der Waals surface area (Å²) >= 11 is 0. The van der Waals surface area contributed by atoms with Crippen molar-refractivity contribution in [1.82, 2.24) is 4.98 Å². The van der Waals surface area contributed by atoms with Crippen molar-refractivity contribution in [3.63, 3.8) is 0 Å². The number of benzene rings is 2. The molecule has 7 nitrogen and oxygen atoms in total. The summed E-state index contributed by atoms with van der Waals surface area (Å²) in [6.07, 6.45) is 1.98. The lowest BCUT2D eigenvalue weighted by Gasteiger charge is -2.45. The molecule has 1 aromatic heterocycles. The van der Waals surface area contributed by atoms with Gasteiger partial charge in [0.05, 0.1) is 12.2 Å². The lowest BCUT2D eigenvalue weighted by molar-refractivity contribution is -0.119. The molecule has 8 heteroatoms. The van der Waals surface area contributed by atoms with Gasteiger partial charge < -0.3 is 19.8 Å². The highest BCUT2D eigenvalue weighted by atomic mass is 19.1. The van der Waals surface area contributed by atoms with Gasteiger partial charge in [-0.1, -0.05) is 36.4 Å². The van der Waals surface area contributed by atoms with Crippen molar-refractivity contribution in [3.05, 3.63) is 83.2 Å². The van der Waals surface area contributed by atoms with Crippen LogP contribution in [0.3, 0.4) is 0 Å². The second-order valence-corrected chi connectivity index (χ2v) is 9.46. The summed E-state index contributed by atoms with van der Waals surface area (Å²) in [5.41, 5.74) is 0.219. The first-order valence-electron chi connectivity index (χ1n) is 11.8. The number of nitrogens with zero attached hydrogens (tertiary/aromatic N) is 4. The van der Waals surface area contributed by atoms with E-state index < -0.39 is 11.5 Å². The molecule has 178 valence electrons. The van der Waals surface area contributed by atoms with Crippen LogP contribution in [0.4, 0.5) is 21.7 Å². The van der Waals surface area contributed by atoms with Crippen LogP contribution in [0.25, 0.3) is 0 Å². The van der Waals surface area contributed by atoms with Gasteiger partial charge in [0.15, 0.2) is 17.3 Å². The van der Waals surface area contributed by atoms with Crippen LogP contribution >= 0.6 is 0 Å². The van der Waals surface area contributed by atoms with E-state index in [0.29, 0.717) is 34.0 Å². The number of aliphatic hydroxyl groups is 1. The Labute approximate surface area is 202 Å². The average Bonchev–Trinajstić information content (AvgIpc) is 3.70. The van der Waals surface area contributed by atoms with Crippen LogP contribution in [0, 0.1) is 5.82 Å². The van der Waals surface area contributed by atoms with Gasteiger partial charge in [-0.15, -0.1) is 0 Å². The van der Waals surface area contributed by atoms with Gasteiger partial charge in [0.1, 0.15) is 17.7 Å². The molecule has 2 atom stereocenters. The molecule has 0 spiro atoms. The highest BCUT2D eigenvalue weighted by Gasteiger charge is 2.47. The molecule has 1 fully saturated rings. The first-order chi connectivity index (χ1) is 16.8. The minimum atomic E-state index is -1.74. The Morgan fingerprint density at radius 3 is 2.46 bits per heavy atom. The van der Waals surface area contributed by atoms with E-state index in [4.69, 9.17) is 4.98 Å². The van der Waals surface area contributed by atoms with Gasteiger partial charge in [-0.25, -0.2) is 9.37 Å². The fourth-order valence-electron chi connectivity index (χ4n) is 5.34. The maximum Gasteiger partial charge on any atom is 0.249 e. The summed E-state index contributed by atoms with van der Waals surface area (Å²) in [6, 6.07) is 16.0. The average molecular weight is 473 g/mol. The number of rotatable bonds is 3. The van der Waals surface area contributed by atoms with Gasteiger partial charge in [-0.3, -0.25) is 9.59 Å². The topological polar surface area (TPSA) is 77.0 Å². The van der Waals surface area contributed by atoms with Gasteiger partial charge in [-0.2, -0.15) is 0 Å². The summed E-state index contributed by atoms with van der Waals surface area (Å²) < 4.78 is 13.8. The van der Waals surface area contributed by atoms with Crippen LogP contribution in [0.15, 0.2) is 60.7 Å². The Morgan fingerprint density at radius 2 is 1.74 bits per heavy atom. The molecular formula is C27H25FN4O3. The number of fused-ring (bicyclic) bond motifs is 2. The number of pyridine rings is 1. The molecule has 1 aliphatic carbocycles. The lowest BCUT2D eigenvalue weighted by atomic mass is 9.84. The number of carbonyl (C=O) groups is 2. The van der Waals surface area contributed by atoms with Crippen LogP contribution in [0.2, 0.25) is 0 Å². The fourth-order valence-corrected chi connectivity index (χ4v) is 5.34.